The molecule has 1 heterocycles. The van der Waals surface area contributed by atoms with Crippen LogP contribution in [0.4, 0.5) is 17.3 Å². The molecule has 0 spiro atoms. The van der Waals surface area contributed by atoms with Gasteiger partial charge in [-0.05, 0) is 36.4 Å². The number of para-hydroxylation sites is 1. The largest absolute Gasteiger partial charge is 0.673 e. The van der Waals surface area contributed by atoms with Crippen LogP contribution in [-0.2, 0) is 0 Å². The van der Waals surface area contributed by atoms with Crippen LogP contribution in [0.3, 0.4) is 0 Å². The van der Waals surface area contributed by atoms with Crippen LogP contribution in [0.5, 0.6) is 5.75 Å². The summed E-state index contributed by atoms with van der Waals surface area (Å²) in [5, 5.41) is 2.12. The minimum absolute atomic E-state index is 0.181. The minimum atomic E-state index is -6.00. The highest BCUT2D eigenvalue weighted by Crippen LogP contribution is 2.24. The van der Waals surface area contributed by atoms with E-state index >= 15 is 0 Å². The van der Waals surface area contributed by atoms with E-state index in [9.17, 15) is 17.3 Å². The molecule has 4 rings (SSSR count). The van der Waals surface area contributed by atoms with Crippen molar-refractivity contribution in [1.82, 2.24) is 0 Å². The molecule has 1 atom stereocenters. The van der Waals surface area contributed by atoms with Gasteiger partial charge in [0.05, 0.1) is 18.6 Å². The molecular weight excluding hydrogens is 421 g/mol. The van der Waals surface area contributed by atoms with E-state index in [2.05, 4.69) is 48.3 Å². The van der Waals surface area contributed by atoms with E-state index in [0.29, 0.717) is 0 Å². The van der Waals surface area contributed by atoms with Gasteiger partial charge in [-0.3, -0.25) is 0 Å². The van der Waals surface area contributed by atoms with E-state index in [1.54, 1.807) is 7.11 Å². The standard InChI is InChI=1S/C24H21NO2.BF4/c1-17(18-8-4-3-5-9-18)25-22-16-24(19-12-14-20(26-2)15-13-19)27-23-11-7-6-10-21(22)23;2-1(3,4)5/h3-17H,1-2H3;/q;-1/p+1. The van der Waals surface area contributed by atoms with Crippen molar-refractivity contribution in [3.63, 3.8) is 0 Å². The van der Waals surface area contributed by atoms with Gasteiger partial charge in [0, 0.05) is 18.1 Å². The van der Waals surface area contributed by atoms with Crippen LogP contribution in [0.2, 0.25) is 0 Å². The molecule has 1 unspecified atom stereocenters. The molecule has 1 N–H and O–H groups in total. The Bertz CT molecular complexity index is 1220. The van der Waals surface area contributed by atoms with Gasteiger partial charge in [-0.15, -0.1) is 0 Å². The summed E-state index contributed by atoms with van der Waals surface area (Å²) in [5.74, 6) is 1.65. The fraction of sp³-hybridized carbons (Fsp3) is 0.125. The summed E-state index contributed by atoms with van der Waals surface area (Å²) in [6, 6.07) is 28.7. The Morgan fingerprint density at radius 1 is 0.844 bits per heavy atom. The van der Waals surface area contributed by atoms with Gasteiger partial charge in [-0.2, -0.15) is 0 Å². The molecule has 0 saturated carbocycles. The molecule has 4 aromatic rings. The summed E-state index contributed by atoms with van der Waals surface area (Å²) in [5.41, 5.74) is 3.11. The van der Waals surface area contributed by atoms with Crippen molar-refractivity contribution in [1.29, 1.82) is 0 Å². The van der Waals surface area contributed by atoms with Gasteiger partial charge < -0.3 is 26.4 Å². The van der Waals surface area contributed by atoms with Gasteiger partial charge in [0.25, 0.3) is 0 Å². The second kappa shape index (κ2) is 10.2. The second-order valence-electron chi connectivity index (χ2n) is 7.02. The third-order valence-electron chi connectivity index (χ3n) is 4.72. The van der Waals surface area contributed by atoms with E-state index in [4.69, 9.17) is 9.15 Å². The molecule has 8 heteroatoms. The fourth-order valence-corrected chi connectivity index (χ4v) is 3.21. The van der Waals surface area contributed by atoms with Crippen molar-refractivity contribution in [2.24, 2.45) is 0 Å². The van der Waals surface area contributed by atoms with Crippen LogP contribution < -0.4 is 15.1 Å². The maximum atomic E-state index is 9.75. The molecule has 0 aliphatic rings. The monoisotopic (exact) mass is 443 g/mol. The zero-order valence-electron chi connectivity index (χ0n) is 17.6. The van der Waals surface area contributed by atoms with Crippen molar-refractivity contribution in [2.75, 3.05) is 7.11 Å². The summed E-state index contributed by atoms with van der Waals surface area (Å²) < 4.78 is 50.4. The molecule has 3 aromatic carbocycles. The third-order valence-corrected chi connectivity index (χ3v) is 4.72. The number of fused-ring (bicyclic) bond motifs is 1. The molecule has 3 nitrogen and oxygen atoms in total. The van der Waals surface area contributed by atoms with Gasteiger partial charge in [0.15, 0.2) is 6.04 Å². The van der Waals surface area contributed by atoms with Crippen molar-refractivity contribution >= 4 is 18.2 Å². The van der Waals surface area contributed by atoms with Gasteiger partial charge in [-0.1, -0.05) is 42.5 Å². The van der Waals surface area contributed by atoms with Crippen LogP contribution in [0.1, 0.15) is 18.5 Å². The zero-order valence-corrected chi connectivity index (χ0v) is 17.6. The summed E-state index contributed by atoms with van der Waals surface area (Å²) >= 11 is 0. The smallest absolute Gasteiger partial charge is 0.497 e. The number of hydrogen-bond donors (Lipinski definition) is 1. The lowest BCUT2D eigenvalue weighted by Crippen LogP contribution is -2.77. The third kappa shape index (κ3) is 6.47. The lowest BCUT2D eigenvalue weighted by atomic mass is 10.1. The van der Waals surface area contributed by atoms with Gasteiger partial charge >= 0.3 is 7.25 Å². The molecule has 166 valence electrons. The number of rotatable bonds is 4. The molecule has 0 bridgehead atoms. The summed E-state index contributed by atoms with van der Waals surface area (Å²) in [6.45, 7) is 2.17. The van der Waals surface area contributed by atoms with Crippen LogP contribution in [-0.4, -0.2) is 14.4 Å². The minimum Gasteiger partial charge on any atom is -0.497 e. The molecule has 0 aliphatic heterocycles. The molecule has 32 heavy (non-hydrogen) atoms. The molecule has 0 saturated heterocycles. The first-order chi connectivity index (χ1) is 15.2. The van der Waals surface area contributed by atoms with Crippen LogP contribution >= 0.6 is 0 Å². The molecular formula is C24H22BF4NO2. The first-order valence-electron chi connectivity index (χ1n) is 9.93. The van der Waals surface area contributed by atoms with E-state index in [1.807, 2.05) is 48.5 Å². The number of hydrogen-bond acceptors (Lipinski definition) is 2. The predicted octanol–water partition coefficient (Wildman–Crippen LogP) is 5.15. The highest BCUT2D eigenvalue weighted by atomic mass is 19.5. The predicted molar refractivity (Wildman–Crippen MR) is 117 cm³/mol. The van der Waals surface area contributed by atoms with Crippen molar-refractivity contribution in [2.45, 2.75) is 13.0 Å². The maximum absolute atomic E-state index is 9.75. The van der Waals surface area contributed by atoms with Crippen LogP contribution in [0.25, 0.3) is 22.3 Å². The van der Waals surface area contributed by atoms with Crippen molar-refractivity contribution < 1.29 is 31.4 Å². The average Bonchev–Trinajstić information content (AvgIpc) is 2.78. The number of benzene rings is 3. The first-order valence-corrected chi connectivity index (χ1v) is 9.93. The van der Waals surface area contributed by atoms with E-state index in [0.717, 1.165) is 33.4 Å². The Morgan fingerprint density at radius 3 is 2.06 bits per heavy atom. The Kier molecular flexibility index (Phi) is 7.35. The number of nitrogens with one attached hydrogen (secondary N) is 1. The lowest BCUT2D eigenvalue weighted by Gasteiger charge is -2.06. The van der Waals surface area contributed by atoms with Crippen molar-refractivity contribution in [3.05, 3.63) is 95.8 Å². The van der Waals surface area contributed by atoms with E-state index < -0.39 is 7.25 Å². The van der Waals surface area contributed by atoms with Gasteiger partial charge in [0.1, 0.15) is 17.1 Å². The SMILES string of the molecule is COc1ccc(-c2cc(=[NH+]C(C)c3ccccc3)c3ccccc3o2)cc1.F[B-](F)(F)F. The normalized spacial score (nSPS) is 12.8. The molecule has 0 radical (unpaired) electrons. The Morgan fingerprint density at radius 2 is 1.44 bits per heavy atom. The summed E-state index contributed by atoms with van der Waals surface area (Å²) in [4.78, 5) is 3.65. The van der Waals surface area contributed by atoms with Crippen LogP contribution in [0, 0.1) is 0 Å². The Balaban J connectivity index is 0.000000523. The van der Waals surface area contributed by atoms with Gasteiger partial charge in [0.2, 0.25) is 5.36 Å². The Labute approximate surface area is 183 Å². The molecule has 0 fully saturated rings. The van der Waals surface area contributed by atoms with Crippen molar-refractivity contribution in [3.8, 4) is 17.1 Å². The van der Waals surface area contributed by atoms with E-state index in [-0.39, 0.29) is 6.04 Å². The number of ether oxygens (including phenoxy) is 1. The molecule has 0 amide bonds. The molecule has 0 aliphatic carbocycles. The van der Waals surface area contributed by atoms with E-state index in [1.165, 1.54) is 5.56 Å². The summed E-state index contributed by atoms with van der Waals surface area (Å²) in [6.07, 6.45) is 0. The number of methoxy groups -OCH3 is 1. The lowest BCUT2D eigenvalue weighted by molar-refractivity contribution is -0.544. The highest BCUT2D eigenvalue weighted by Gasteiger charge is 2.20. The number of halogens is 4. The highest BCUT2D eigenvalue weighted by molar-refractivity contribution is 6.50. The zero-order chi connectivity index (χ0) is 23.1. The first kappa shape index (κ1) is 23.1. The fourth-order valence-electron chi connectivity index (χ4n) is 3.21. The molecule has 1 aromatic heterocycles. The summed E-state index contributed by atoms with van der Waals surface area (Å²) in [7, 11) is -4.33. The maximum Gasteiger partial charge on any atom is 0.673 e. The second-order valence-corrected chi connectivity index (χ2v) is 7.02. The topological polar surface area (TPSA) is 36.3 Å². The Hall–Kier alpha value is -3.55. The quantitative estimate of drug-likeness (QED) is 0.350. The van der Waals surface area contributed by atoms with Crippen LogP contribution in [0.15, 0.2) is 89.3 Å². The average molecular weight is 443 g/mol. The van der Waals surface area contributed by atoms with Gasteiger partial charge in [-0.25, -0.2) is 4.99 Å².